The van der Waals surface area contributed by atoms with Gasteiger partial charge in [-0.25, -0.2) is 0 Å². The minimum absolute atomic E-state index is 0.592. The first kappa shape index (κ1) is 17.6. The van der Waals surface area contributed by atoms with Crippen LogP contribution in [0.5, 0.6) is 0 Å². The summed E-state index contributed by atoms with van der Waals surface area (Å²) in [6.45, 7) is 13.9. The van der Waals surface area contributed by atoms with E-state index in [9.17, 15) is 0 Å². The molecule has 0 amide bonds. The van der Waals surface area contributed by atoms with E-state index in [-0.39, 0.29) is 0 Å². The molecule has 2 heterocycles. The van der Waals surface area contributed by atoms with Crippen LogP contribution < -0.4 is 10.2 Å². The molecule has 2 atom stereocenters. The second-order valence-corrected chi connectivity index (χ2v) is 7.95. The molecule has 0 spiro atoms. The third-order valence-corrected chi connectivity index (χ3v) is 5.72. The molecule has 24 heavy (non-hydrogen) atoms. The van der Waals surface area contributed by atoms with Gasteiger partial charge in [-0.1, -0.05) is 13.0 Å². The summed E-state index contributed by atoms with van der Waals surface area (Å²) in [6, 6.07) is 10.3. The highest BCUT2D eigenvalue weighted by molar-refractivity contribution is 5.58. The lowest BCUT2D eigenvalue weighted by molar-refractivity contribution is 0.206. The number of hydrogen-bond donors (Lipinski definition) is 1. The van der Waals surface area contributed by atoms with E-state index in [2.05, 4.69) is 72.1 Å². The molecule has 1 N–H and O–H groups in total. The molecule has 2 aliphatic rings. The number of rotatable bonds is 4. The van der Waals surface area contributed by atoms with E-state index < -0.39 is 0 Å². The molecule has 0 saturated carbocycles. The molecule has 2 aliphatic heterocycles. The number of nitrogens with zero attached hydrogens (tertiary/aromatic N) is 3. The van der Waals surface area contributed by atoms with Gasteiger partial charge >= 0.3 is 0 Å². The average molecular weight is 331 g/mol. The van der Waals surface area contributed by atoms with Gasteiger partial charge in [-0.2, -0.15) is 0 Å². The SMILES string of the molecule is CC(C)N1CCN(c2cccc(N[C@@H]3CCN(C)C[C@H]3C)c2)CC1. The number of anilines is 2. The van der Waals surface area contributed by atoms with Gasteiger partial charge in [0.2, 0.25) is 0 Å². The normalized spacial score (nSPS) is 26.8. The second-order valence-electron chi connectivity index (χ2n) is 7.95. The zero-order valence-electron chi connectivity index (χ0n) is 15.8. The Morgan fingerprint density at radius 3 is 2.50 bits per heavy atom. The van der Waals surface area contributed by atoms with E-state index in [0.717, 1.165) is 13.1 Å². The van der Waals surface area contributed by atoms with Gasteiger partial charge in [0, 0.05) is 56.2 Å². The molecule has 0 aromatic heterocycles. The summed E-state index contributed by atoms with van der Waals surface area (Å²) < 4.78 is 0. The summed E-state index contributed by atoms with van der Waals surface area (Å²) in [7, 11) is 2.23. The number of hydrogen-bond acceptors (Lipinski definition) is 4. The summed E-state index contributed by atoms with van der Waals surface area (Å²) >= 11 is 0. The maximum atomic E-state index is 3.79. The smallest absolute Gasteiger partial charge is 0.0387 e. The zero-order chi connectivity index (χ0) is 17.1. The maximum Gasteiger partial charge on any atom is 0.0387 e. The average Bonchev–Trinajstić information content (AvgIpc) is 2.58. The molecule has 0 bridgehead atoms. The minimum Gasteiger partial charge on any atom is -0.382 e. The van der Waals surface area contributed by atoms with Gasteiger partial charge < -0.3 is 15.1 Å². The Bertz CT molecular complexity index is 522. The van der Waals surface area contributed by atoms with Crippen LogP contribution in [0.2, 0.25) is 0 Å². The molecule has 1 aromatic rings. The van der Waals surface area contributed by atoms with Crippen molar-refractivity contribution in [1.82, 2.24) is 9.80 Å². The van der Waals surface area contributed by atoms with Gasteiger partial charge in [-0.05, 0) is 58.0 Å². The second kappa shape index (κ2) is 7.75. The molecule has 134 valence electrons. The number of nitrogens with one attached hydrogen (secondary N) is 1. The van der Waals surface area contributed by atoms with E-state index in [0.29, 0.717) is 18.0 Å². The lowest BCUT2D eigenvalue weighted by Crippen LogP contribution is -2.48. The maximum absolute atomic E-state index is 3.79. The van der Waals surface area contributed by atoms with Gasteiger partial charge in [0.15, 0.2) is 0 Å². The summed E-state index contributed by atoms with van der Waals surface area (Å²) in [4.78, 5) is 7.54. The quantitative estimate of drug-likeness (QED) is 0.916. The van der Waals surface area contributed by atoms with Crippen LogP contribution in [-0.2, 0) is 0 Å². The third kappa shape index (κ3) is 4.22. The van der Waals surface area contributed by atoms with Crippen molar-refractivity contribution >= 4 is 11.4 Å². The number of benzene rings is 1. The number of piperazine rings is 1. The standard InChI is InChI=1S/C20H34N4/c1-16(2)23-10-12-24(13-11-23)19-7-5-6-18(14-19)21-20-8-9-22(4)15-17(20)3/h5-7,14,16-17,20-21H,8-13,15H2,1-4H3/t17-,20-/m1/s1. The van der Waals surface area contributed by atoms with E-state index in [1.807, 2.05) is 0 Å². The lowest BCUT2D eigenvalue weighted by Gasteiger charge is -2.38. The Labute approximate surface area is 147 Å². The minimum atomic E-state index is 0.592. The fraction of sp³-hybridized carbons (Fsp3) is 0.700. The Morgan fingerprint density at radius 1 is 1.08 bits per heavy atom. The monoisotopic (exact) mass is 330 g/mol. The van der Waals surface area contributed by atoms with Crippen LogP contribution in [0.3, 0.4) is 0 Å². The first-order chi connectivity index (χ1) is 11.5. The Balaban J connectivity index is 1.60. The molecule has 0 unspecified atom stereocenters. The van der Waals surface area contributed by atoms with Gasteiger partial charge in [0.05, 0.1) is 0 Å². The molecular formula is C20H34N4. The molecule has 4 nitrogen and oxygen atoms in total. The van der Waals surface area contributed by atoms with E-state index in [1.54, 1.807) is 0 Å². The van der Waals surface area contributed by atoms with Crippen molar-refractivity contribution in [2.24, 2.45) is 5.92 Å². The molecule has 3 rings (SSSR count). The summed E-state index contributed by atoms with van der Waals surface area (Å²) in [6.07, 6.45) is 1.23. The van der Waals surface area contributed by atoms with E-state index in [1.165, 1.54) is 44.0 Å². The van der Waals surface area contributed by atoms with Gasteiger partial charge in [-0.15, -0.1) is 0 Å². The van der Waals surface area contributed by atoms with E-state index >= 15 is 0 Å². The Kier molecular flexibility index (Phi) is 5.67. The molecular weight excluding hydrogens is 296 g/mol. The van der Waals surface area contributed by atoms with Gasteiger partial charge in [-0.3, -0.25) is 4.90 Å². The highest BCUT2D eigenvalue weighted by atomic mass is 15.3. The van der Waals surface area contributed by atoms with Gasteiger partial charge in [0.1, 0.15) is 0 Å². The van der Waals surface area contributed by atoms with Crippen molar-refractivity contribution in [1.29, 1.82) is 0 Å². The van der Waals surface area contributed by atoms with E-state index in [4.69, 9.17) is 0 Å². The zero-order valence-corrected chi connectivity index (χ0v) is 15.8. The Morgan fingerprint density at radius 2 is 1.83 bits per heavy atom. The number of likely N-dealkylation sites (tertiary alicyclic amines) is 1. The molecule has 1 aromatic carbocycles. The largest absolute Gasteiger partial charge is 0.382 e. The molecule has 0 radical (unpaired) electrons. The van der Waals surface area contributed by atoms with Crippen molar-refractivity contribution in [3.8, 4) is 0 Å². The summed E-state index contributed by atoms with van der Waals surface area (Å²) in [5.74, 6) is 0.696. The van der Waals surface area contributed by atoms with Crippen LogP contribution in [0.4, 0.5) is 11.4 Å². The van der Waals surface area contributed by atoms with Crippen LogP contribution >= 0.6 is 0 Å². The predicted octanol–water partition coefficient (Wildman–Crippen LogP) is 2.97. The highest BCUT2D eigenvalue weighted by Gasteiger charge is 2.24. The van der Waals surface area contributed by atoms with Crippen LogP contribution in [0.1, 0.15) is 27.2 Å². The van der Waals surface area contributed by atoms with Gasteiger partial charge in [0.25, 0.3) is 0 Å². The topological polar surface area (TPSA) is 21.8 Å². The fourth-order valence-corrected chi connectivity index (χ4v) is 4.07. The summed E-state index contributed by atoms with van der Waals surface area (Å²) in [5, 5.41) is 3.79. The molecule has 4 heteroatoms. The molecule has 2 fully saturated rings. The summed E-state index contributed by atoms with van der Waals surface area (Å²) in [5.41, 5.74) is 2.64. The van der Waals surface area contributed by atoms with Crippen molar-refractivity contribution in [2.45, 2.75) is 39.3 Å². The van der Waals surface area contributed by atoms with Crippen LogP contribution in [-0.4, -0.2) is 68.2 Å². The predicted molar refractivity (Wildman–Crippen MR) is 104 cm³/mol. The number of piperidine rings is 1. The molecule has 2 saturated heterocycles. The lowest BCUT2D eigenvalue weighted by atomic mass is 9.94. The first-order valence-electron chi connectivity index (χ1n) is 9.57. The van der Waals surface area contributed by atoms with Crippen LogP contribution in [0, 0.1) is 5.92 Å². The first-order valence-corrected chi connectivity index (χ1v) is 9.57. The van der Waals surface area contributed by atoms with Crippen molar-refractivity contribution < 1.29 is 0 Å². The highest BCUT2D eigenvalue weighted by Crippen LogP contribution is 2.25. The van der Waals surface area contributed by atoms with Crippen LogP contribution in [0.15, 0.2) is 24.3 Å². The van der Waals surface area contributed by atoms with Crippen molar-refractivity contribution in [3.63, 3.8) is 0 Å². The third-order valence-electron chi connectivity index (χ3n) is 5.72. The Hall–Kier alpha value is -1.26. The fourth-order valence-electron chi connectivity index (χ4n) is 4.07. The van der Waals surface area contributed by atoms with Crippen molar-refractivity contribution in [3.05, 3.63) is 24.3 Å². The van der Waals surface area contributed by atoms with Crippen molar-refractivity contribution in [2.75, 3.05) is 56.5 Å². The molecule has 0 aliphatic carbocycles. The van der Waals surface area contributed by atoms with Crippen LogP contribution in [0.25, 0.3) is 0 Å².